The van der Waals surface area contributed by atoms with Gasteiger partial charge in [0.1, 0.15) is 0 Å². The van der Waals surface area contributed by atoms with Gasteiger partial charge >= 0.3 is 0 Å². The van der Waals surface area contributed by atoms with Crippen LogP contribution in [-0.2, 0) is 14.4 Å². The third kappa shape index (κ3) is 2.61. The number of rotatable bonds is 3. The van der Waals surface area contributed by atoms with Gasteiger partial charge in [-0.05, 0) is 67.3 Å². The Morgan fingerprint density at radius 3 is 2.64 bits per heavy atom. The normalized spacial score (nSPS) is 48.5. The van der Waals surface area contributed by atoms with Crippen LogP contribution in [0, 0.1) is 46.3 Å². The second-order valence-electron chi connectivity index (χ2n) is 12.5. The first-order chi connectivity index (χ1) is 15.6. The van der Waals surface area contributed by atoms with E-state index in [4.69, 9.17) is 0 Å². The Balaban J connectivity index is 1.41. The van der Waals surface area contributed by atoms with Crippen LogP contribution >= 0.6 is 0 Å². The first-order valence-corrected chi connectivity index (χ1v) is 13.1. The maximum atomic E-state index is 14.0. The summed E-state index contributed by atoms with van der Waals surface area (Å²) in [5.74, 6) is -0.769. The predicted octanol–water partition coefficient (Wildman–Crippen LogP) is 3.76. The zero-order chi connectivity index (χ0) is 23.3. The van der Waals surface area contributed by atoms with Crippen molar-refractivity contribution in [2.45, 2.75) is 77.2 Å². The number of nitrogens with one attached hydrogen (secondary N) is 1. The molecule has 178 valence electrons. The highest BCUT2D eigenvalue weighted by molar-refractivity contribution is 6.47. The lowest BCUT2D eigenvalue weighted by atomic mass is 9.45. The van der Waals surface area contributed by atoms with E-state index < -0.39 is 16.4 Å². The SMILES string of the molecule is C=C1CC23CC1(O)CCC2C1=CC(C)C2C(=O)C(=O)C2(C)C1C3C(=O)NCC1CCCCC1. The van der Waals surface area contributed by atoms with Gasteiger partial charge in [0.05, 0.1) is 16.9 Å². The Hall–Kier alpha value is -1.75. The molecule has 0 aromatic heterocycles. The number of amides is 1. The van der Waals surface area contributed by atoms with E-state index in [9.17, 15) is 19.5 Å². The van der Waals surface area contributed by atoms with Crippen molar-refractivity contribution in [3.05, 3.63) is 23.8 Å². The van der Waals surface area contributed by atoms with Crippen molar-refractivity contribution in [3.8, 4) is 0 Å². The van der Waals surface area contributed by atoms with Gasteiger partial charge in [-0.1, -0.05) is 51.3 Å². The van der Waals surface area contributed by atoms with Gasteiger partial charge in [-0.15, -0.1) is 0 Å². The van der Waals surface area contributed by atoms with Crippen LogP contribution in [-0.4, -0.2) is 34.7 Å². The van der Waals surface area contributed by atoms with Crippen molar-refractivity contribution < 1.29 is 19.5 Å². The molecular weight excluding hydrogens is 414 g/mol. The summed E-state index contributed by atoms with van der Waals surface area (Å²) in [5.41, 5.74) is -0.0376. The fraction of sp³-hybridized carbons (Fsp3) is 0.750. The van der Waals surface area contributed by atoms with Gasteiger partial charge < -0.3 is 10.4 Å². The van der Waals surface area contributed by atoms with E-state index >= 15 is 0 Å². The molecule has 6 aliphatic rings. The van der Waals surface area contributed by atoms with Crippen molar-refractivity contribution >= 4 is 17.5 Å². The third-order valence-corrected chi connectivity index (χ3v) is 10.9. The first-order valence-electron chi connectivity index (χ1n) is 13.1. The Bertz CT molecular complexity index is 992. The molecule has 6 aliphatic carbocycles. The summed E-state index contributed by atoms with van der Waals surface area (Å²) < 4.78 is 0. The number of Topliss-reactive ketones (excluding diaryl/α,β-unsaturated/α-hetero) is 2. The number of hydrogen-bond donors (Lipinski definition) is 2. The number of hydrogen-bond acceptors (Lipinski definition) is 4. The average Bonchev–Trinajstić information content (AvgIpc) is 3.17. The van der Waals surface area contributed by atoms with E-state index in [2.05, 4.69) is 18.0 Å². The van der Waals surface area contributed by atoms with E-state index in [1.54, 1.807) is 0 Å². The Labute approximate surface area is 196 Å². The molecule has 0 saturated heterocycles. The molecule has 2 N–H and O–H groups in total. The number of allylic oxidation sites excluding steroid dienone is 2. The molecule has 0 aromatic carbocycles. The molecule has 5 fully saturated rings. The summed E-state index contributed by atoms with van der Waals surface area (Å²) in [4.78, 5) is 39.8. The zero-order valence-corrected chi connectivity index (χ0v) is 20.0. The van der Waals surface area contributed by atoms with Gasteiger partial charge in [-0.25, -0.2) is 0 Å². The molecule has 5 nitrogen and oxygen atoms in total. The summed E-state index contributed by atoms with van der Waals surface area (Å²) in [6.07, 6.45) is 11.0. The molecule has 5 heteroatoms. The summed E-state index contributed by atoms with van der Waals surface area (Å²) >= 11 is 0. The van der Waals surface area contributed by atoms with Crippen LogP contribution in [0.15, 0.2) is 23.8 Å². The van der Waals surface area contributed by atoms with Crippen molar-refractivity contribution in [1.29, 1.82) is 0 Å². The molecule has 5 saturated carbocycles. The van der Waals surface area contributed by atoms with Crippen LogP contribution in [0.25, 0.3) is 0 Å². The number of carbonyl (C=O) groups excluding carboxylic acids is 3. The summed E-state index contributed by atoms with van der Waals surface area (Å²) in [5, 5.41) is 14.7. The van der Waals surface area contributed by atoms with Gasteiger partial charge in [0.25, 0.3) is 0 Å². The zero-order valence-electron chi connectivity index (χ0n) is 20.0. The highest BCUT2D eigenvalue weighted by Gasteiger charge is 2.76. The van der Waals surface area contributed by atoms with Gasteiger partial charge in [0, 0.05) is 18.4 Å². The van der Waals surface area contributed by atoms with E-state index in [0.29, 0.717) is 31.7 Å². The molecule has 2 bridgehead atoms. The van der Waals surface area contributed by atoms with Crippen molar-refractivity contribution in [2.75, 3.05) is 6.54 Å². The fourth-order valence-electron chi connectivity index (χ4n) is 9.49. The lowest BCUT2D eigenvalue weighted by Crippen LogP contribution is -2.66. The first kappa shape index (κ1) is 21.8. The fourth-order valence-corrected chi connectivity index (χ4v) is 9.49. The van der Waals surface area contributed by atoms with Crippen LogP contribution in [0.2, 0.25) is 0 Å². The Kier molecular flexibility index (Phi) is 4.55. The molecule has 0 aromatic rings. The Morgan fingerprint density at radius 2 is 1.91 bits per heavy atom. The van der Waals surface area contributed by atoms with E-state index in [0.717, 1.165) is 24.8 Å². The predicted molar refractivity (Wildman–Crippen MR) is 124 cm³/mol. The molecule has 8 unspecified atom stereocenters. The summed E-state index contributed by atoms with van der Waals surface area (Å²) in [7, 11) is 0. The molecule has 6 rings (SSSR count). The molecule has 0 radical (unpaired) electrons. The maximum absolute atomic E-state index is 14.0. The van der Waals surface area contributed by atoms with Gasteiger partial charge in [-0.3, -0.25) is 14.4 Å². The van der Waals surface area contributed by atoms with Crippen molar-refractivity contribution in [2.24, 2.45) is 46.3 Å². The van der Waals surface area contributed by atoms with Crippen molar-refractivity contribution in [3.63, 3.8) is 0 Å². The molecule has 1 spiro atoms. The molecule has 33 heavy (non-hydrogen) atoms. The number of fused-ring (bicyclic) bond motifs is 5. The summed E-state index contributed by atoms with van der Waals surface area (Å²) in [6.45, 7) is 8.92. The standard InChI is InChI=1S/C28H37NO4/c1-15-11-18-19-9-10-28(33)14-27(19,12-16(28)2)22(21(18)26(3)20(15)23(30)24(26)31)25(32)29-13-17-7-5-4-6-8-17/h11,15,17,19-22,33H,2,4-10,12-14H2,1,3H3,(H,29,32). The van der Waals surface area contributed by atoms with E-state index in [1.807, 2.05) is 13.8 Å². The number of aliphatic hydroxyl groups is 1. The average molecular weight is 452 g/mol. The smallest absolute Gasteiger partial charge is 0.224 e. The number of ketones is 2. The van der Waals surface area contributed by atoms with E-state index in [-0.39, 0.29) is 47.1 Å². The topological polar surface area (TPSA) is 83.5 Å². The monoisotopic (exact) mass is 451 g/mol. The number of carbonyl (C=O) groups is 3. The van der Waals surface area contributed by atoms with Crippen molar-refractivity contribution in [1.82, 2.24) is 5.32 Å². The van der Waals surface area contributed by atoms with Crippen LogP contribution in [0.3, 0.4) is 0 Å². The lowest BCUT2D eigenvalue weighted by Gasteiger charge is -2.54. The highest BCUT2D eigenvalue weighted by Crippen LogP contribution is 2.75. The van der Waals surface area contributed by atoms with Gasteiger partial charge in [0.15, 0.2) is 0 Å². The molecular formula is C28H37NO4. The minimum absolute atomic E-state index is 0.0120. The minimum atomic E-state index is -0.905. The Morgan fingerprint density at radius 1 is 1.18 bits per heavy atom. The molecule has 0 heterocycles. The van der Waals surface area contributed by atoms with Gasteiger partial charge in [-0.2, -0.15) is 0 Å². The van der Waals surface area contributed by atoms with Crippen LogP contribution in [0.5, 0.6) is 0 Å². The van der Waals surface area contributed by atoms with Crippen LogP contribution in [0.1, 0.15) is 71.6 Å². The second-order valence-corrected chi connectivity index (χ2v) is 12.5. The minimum Gasteiger partial charge on any atom is -0.386 e. The van der Waals surface area contributed by atoms with Gasteiger partial charge in [0.2, 0.25) is 17.5 Å². The molecule has 0 aliphatic heterocycles. The highest BCUT2D eigenvalue weighted by atomic mass is 16.3. The molecule has 8 atom stereocenters. The third-order valence-electron chi connectivity index (χ3n) is 10.9. The quantitative estimate of drug-likeness (QED) is 0.506. The largest absolute Gasteiger partial charge is 0.386 e. The molecule has 1 amide bonds. The van der Waals surface area contributed by atoms with Crippen LogP contribution < -0.4 is 5.32 Å². The lowest BCUT2D eigenvalue weighted by molar-refractivity contribution is -0.170. The second kappa shape index (κ2) is 6.90. The summed E-state index contributed by atoms with van der Waals surface area (Å²) in [6, 6.07) is 0. The maximum Gasteiger partial charge on any atom is 0.224 e. The van der Waals surface area contributed by atoms with E-state index in [1.165, 1.54) is 24.8 Å². The van der Waals surface area contributed by atoms with Crippen LogP contribution in [0.4, 0.5) is 0 Å².